The molecule has 0 unspecified atom stereocenters. The zero-order chi connectivity index (χ0) is 16.8. The number of benzene rings is 1. The van der Waals surface area contributed by atoms with Crippen LogP contribution >= 0.6 is 27.7 Å². The van der Waals surface area contributed by atoms with Gasteiger partial charge in [-0.3, -0.25) is 9.78 Å². The van der Waals surface area contributed by atoms with Gasteiger partial charge in [0.15, 0.2) is 0 Å². The van der Waals surface area contributed by atoms with Gasteiger partial charge in [-0.2, -0.15) is 5.10 Å². The summed E-state index contributed by atoms with van der Waals surface area (Å²) in [5.41, 5.74) is 6.59. The molecule has 0 fully saturated rings. The van der Waals surface area contributed by atoms with E-state index in [4.69, 9.17) is 0 Å². The maximum absolute atomic E-state index is 12.0. The molecule has 0 spiro atoms. The summed E-state index contributed by atoms with van der Waals surface area (Å²) in [7, 11) is 0. The van der Waals surface area contributed by atoms with Crippen LogP contribution in [-0.4, -0.2) is 22.4 Å². The minimum atomic E-state index is -0.122. The molecule has 0 atom stereocenters. The van der Waals surface area contributed by atoms with Crippen LogP contribution in [0.1, 0.15) is 23.6 Å². The van der Waals surface area contributed by atoms with E-state index in [9.17, 15) is 4.79 Å². The van der Waals surface area contributed by atoms with Crippen LogP contribution in [-0.2, 0) is 4.79 Å². The van der Waals surface area contributed by atoms with Crippen LogP contribution in [0.4, 0.5) is 0 Å². The summed E-state index contributed by atoms with van der Waals surface area (Å²) in [5, 5.41) is 4.13. The van der Waals surface area contributed by atoms with Gasteiger partial charge in [0.25, 0.3) is 0 Å². The summed E-state index contributed by atoms with van der Waals surface area (Å²) in [5.74, 6) is 0.207. The first kappa shape index (κ1) is 17.7. The lowest BCUT2D eigenvalue weighted by Gasteiger charge is -2.08. The molecule has 1 N–H and O–H groups in total. The Kier molecular flexibility index (Phi) is 6.36. The third kappa shape index (κ3) is 5.18. The topological polar surface area (TPSA) is 54.4 Å². The predicted octanol–water partition coefficient (Wildman–Crippen LogP) is 4.09. The molecule has 23 heavy (non-hydrogen) atoms. The van der Waals surface area contributed by atoms with Gasteiger partial charge in [-0.15, -0.1) is 11.8 Å². The number of halogens is 1. The predicted molar refractivity (Wildman–Crippen MR) is 98.9 cm³/mol. The number of pyridine rings is 1. The number of hydrazone groups is 1. The van der Waals surface area contributed by atoms with Crippen LogP contribution in [0.2, 0.25) is 0 Å². The largest absolute Gasteiger partial charge is 0.272 e. The average Bonchev–Trinajstić information content (AvgIpc) is 2.55. The summed E-state index contributed by atoms with van der Waals surface area (Å²) >= 11 is 5.03. The zero-order valence-electron chi connectivity index (χ0n) is 13.3. The Hall–Kier alpha value is -1.66. The summed E-state index contributed by atoms with van der Waals surface area (Å²) in [6.45, 7) is 5.93. The molecular formula is C17H18BrN3OS. The molecule has 2 rings (SSSR count). The molecule has 120 valence electrons. The Morgan fingerprint density at radius 2 is 1.96 bits per heavy atom. The standard InChI is InChI=1S/C17H18BrN3OS/c1-11-9-16(12(2)8-15(11)18)23-10-17(22)21-20-13(3)14-4-6-19-7-5-14/h4-9H,10H2,1-3H3,(H,21,22)/b20-13-. The highest BCUT2D eigenvalue weighted by Gasteiger charge is 2.07. The molecular weight excluding hydrogens is 374 g/mol. The lowest BCUT2D eigenvalue weighted by molar-refractivity contribution is -0.118. The Labute approximate surface area is 148 Å². The lowest BCUT2D eigenvalue weighted by atomic mass is 10.2. The van der Waals surface area contributed by atoms with Crippen molar-refractivity contribution in [3.8, 4) is 0 Å². The van der Waals surface area contributed by atoms with Crippen LogP contribution in [0.5, 0.6) is 0 Å². The van der Waals surface area contributed by atoms with Crippen molar-refractivity contribution < 1.29 is 4.79 Å². The Morgan fingerprint density at radius 1 is 1.26 bits per heavy atom. The number of rotatable bonds is 5. The number of carbonyl (C=O) groups is 1. The van der Waals surface area contributed by atoms with E-state index in [1.165, 1.54) is 11.8 Å². The van der Waals surface area contributed by atoms with Crippen molar-refractivity contribution in [3.05, 3.63) is 57.8 Å². The second-order valence-electron chi connectivity index (χ2n) is 5.12. The molecule has 1 amide bonds. The summed E-state index contributed by atoms with van der Waals surface area (Å²) in [6.07, 6.45) is 3.40. The van der Waals surface area contributed by atoms with Gasteiger partial charge in [-0.1, -0.05) is 15.9 Å². The van der Waals surface area contributed by atoms with Crippen LogP contribution < -0.4 is 5.43 Å². The van der Waals surface area contributed by atoms with Crippen molar-refractivity contribution in [1.82, 2.24) is 10.4 Å². The number of hydrogen-bond acceptors (Lipinski definition) is 4. The number of amides is 1. The molecule has 0 radical (unpaired) electrons. The maximum atomic E-state index is 12.0. The first-order valence-corrected chi connectivity index (χ1v) is 8.88. The second-order valence-corrected chi connectivity index (χ2v) is 7.00. The minimum Gasteiger partial charge on any atom is -0.272 e. The van der Waals surface area contributed by atoms with Crippen LogP contribution in [0.3, 0.4) is 0 Å². The third-order valence-corrected chi connectivity index (χ3v) is 5.27. The number of aryl methyl sites for hydroxylation is 2. The van der Waals surface area contributed by atoms with Crippen molar-refractivity contribution in [2.24, 2.45) is 5.10 Å². The van der Waals surface area contributed by atoms with E-state index in [0.29, 0.717) is 5.75 Å². The van der Waals surface area contributed by atoms with Crippen LogP contribution in [0.25, 0.3) is 0 Å². The fourth-order valence-corrected chi connectivity index (χ4v) is 3.25. The molecule has 0 aliphatic heterocycles. The van der Waals surface area contributed by atoms with E-state index < -0.39 is 0 Å². The van der Waals surface area contributed by atoms with E-state index in [2.05, 4.69) is 43.6 Å². The summed E-state index contributed by atoms with van der Waals surface area (Å²) in [6, 6.07) is 7.87. The van der Waals surface area contributed by atoms with E-state index in [-0.39, 0.29) is 5.91 Å². The number of carbonyl (C=O) groups excluding carboxylic acids is 1. The highest BCUT2D eigenvalue weighted by atomic mass is 79.9. The fraction of sp³-hybridized carbons (Fsp3) is 0.235. The molecule has 4 nitrogen and oxygen atoms in total. The number of thioether (sulfide) groups is 1. The summed E-state index contributed by atoms with van der Waals surface area (Å²) < 4.78 is 1.08. The SMILES string of the molecule is C/C(=N/NC(=O)CSc1cc(C)c(Br)cc1C)c1ccncc1. The molecule has 0 saturated heterocycles. The lowest BCUT2D eigenvalue weighted by Crippen LogP contribution is -2.21. The highest BCUT2D eigenvalue weighted by molar-refractivity contribution is 9.10. The number of aromatic nitrogens is 1. The Bertz CT molecular complexity index is 732. The molecule has 0 bridgehead atoms. The first-order valence-electron chi connectivity index (χ1n) is 7.10. The smallest absolute Gasteiger partial charge is 0.250 e. The van der Waals surface area contributed by atoms with Crippen molar-refractivity contribution >= 4 is 39.3 Å². The Morgan fingerprint density at radius 3 is 2.65 bits per heavy atom. The normalized spacial score (nSPS) is 11.4. The third-order valence-electron chi connectivity index (χ3n) is 3.26. The van der Waals surface area contributed by atoms with Crippen molar-refractivity contribution in [1.29, 1.82) is 0 Å². The van der Waals surface area contributed by atoms with E-state index in [1.54, 1.807) is 12.4 Å². The van der Waals surface area contributed by atoms with Gasteiger partial charge in [-0.25, -0.2) is 5.43 Å². The maximum Gasteiger partial charge on any atom is 0.250 e. The van der Waals surface area contributed by atoms with E-state index >= 15 is 0 Å². The monoisotopic (exact) mass is 391 g/mol. The van der Waals surface area contributed by atoms with Crippen LogP contribution in [0.15, 0.2) is 51.1 Å². The molecule has 1 aromatic heterocycles. The molecule has 0 aliphatic rings. The minimum absolute atomic E-state index is 0.122. The fourth-order valence-electron chi connectivity index (χ4n) is 1.89. The number of nitrogens with one attached hydrogen (secondary N) is 1. The molecule has 0 saturated carbocycles. The van der Waals surface area contributed by atoms with Gasteiger partial charge < -0.3 is 0 Å². The first-order chi connectivity index (χ1) is 11.0. The number of hydrogen-bond donors (Lipinski definition) is 1. The van der Waals surface area contributed by atoms with Gasteiger partial charge in [0.2, 0.25) is 5.91 Å². The van der Waals surface area contributed by atoms with E-state index in [0.717, 1.165) is 31.8 Å². The van der Waals surface area contributed by atoms with Gasteiger partial charge >= 0.3 is 0 Å². The second kappa shape index (κ2) is 8.26. The zero-order valence-corrected chi connectivity index (χ0v) is 15.7. The Balaban J connectivity index is 1.92. The van der Waals surface area contributed by atoms with Gasteiger partial charge in [0.05, 0.1) is 11.5 Å². The quantitative estimate of drug-likeness (QED) is 0.474. The number of nitrogens with zero attached hydrogens (tertiary/aromatic N) is 2. The molecule has 1 heterocycles. The van der Waals surface area contributed by atoms with Gasteiger partial charge in [0, 0.05) is 27.3 Å². The van der Waals surface area contributed by atoms with Crippen molar-refractivity contribution in [2.75, 3.05) is 5.75 Å². The van der Waals surface area contributed by atoms with E-state index in [1.807, 2.05) is 32.9 Å². The molecule has 1 aromatic carbocycles. The highest BCUT2D eigenvalue weighted by Crippen LogP contribution is 2.28. The van der Waals surface area contributed by atoms with Crippen molar-refractivity contribution in [2.45, 2.75) is 25.7 Å². The van der Waals surface area contributed by atoms with Gasteiger partial charge in [-0.05, 0) is 56.2 Å². The molecule has 2 aromatic rings. The van der Waals surface area contributed by atoms with Crippen LogP contribution in [0, 0.1) is 13.8 Å². The molecule has 6 heteroatoms. The summed E-state index contributed by atoms with van der Waals surface area (Å²) in [4.78, 5) is 17.0. The molecule has 0 aliphatic carbocycles. The van der Waals surface area contributed by atoms with Gasteiger partial charge in [0.1, 0.15) is 0 Å². The average molecular weight is 392 g/mol. The van der Waals surface area contributed by atoms with Crippen molar-refractivity contribution in [3.63, 3.8) is 0 Å².